The average Bonchev–Trinajstić information content (AvgIpc) is 2.96. The van der Waals surface area contributed by atoms with Gasteiger partial charge in [0.1, 0.15) is 5.75 Å². The van der Waals surface area contributed by atoms with E-state index in [1.807, 2.05) is 18.2 Å². The van der Waals surface area contributed by atoms with Crippen LogP contribution in [0.5, 0.6) is 11.6 Å². The molecule has 0 aliphatic heterocycles. The summed E-state index contributed by atoms with van der Waals surface area (Å²) in [4.78, 5) is 17.5. The van der Waals surface area contributed by atoms with Gasteiger partial charge in [-0.2, -0.15) is 0 Å². The fourth-order valence-corrected chi connectivity index (χ4v) is 3.52. The first kappa shape index (κ1) is 21.3. The van der Waals surface area contributed by atoms with Crippen LogP contribution in [0.2, 0.25) is 0 Å². The fourth-order valence-electron chi connectivity index (χ4n) is 3.52. The van der Waals surface area contributed by atoms with Gasteiger partial charge in [0.05, 0.1) is 23.4 Å². The van der Waals surface area contributed by atoms with Gasteiger partial charge in [-0.1, -0.05) is 6.07 Å². The number of rotatable bonds is 5. The minimum Gasteiger partial charge on any atom is -0.493 e. The van der Waals surface area contributed by atoms with Crippen LogP contribution in [0.25, 0.3) is 16.6 Å². The molecule has 10 heteroatoms. The summed E-state index contributed by atoms with van der Waals surface area (Å²) in [5.74, 6) is -0.718. The second-order valence-electron chi connectivity index (χ2n) is 7.11. The lowest BCUT2D eigenvalue weighted by molar-refractivity contribution is -0.274. The van der Waals surface area contributed by atoms with E-state index >= 15 is 0 Å². The van der Waals surface area contributed by atoms with Crippen molar-refractivity contribution in [3.8, 4) is 17.3 Å². The Bertz CT molecular complexity index is 1340. The highest BCUT2D eigenvalue weighted by atomic mass is 19.4. The van der Waals surface area contributed by atoms with Gasteiger partial charge < -0.3 is 15.2 Å². The Labute approximate surface area is 180 Å². The Balaban J connectivity index is 1.72. The van der Waals surface area contributed by atoms with E-state index in [0.29, 0.717) is 5.69 Å². The lowest BCUT2D eigenvalue weighted by Crippen LogP contribution is -2.24. The van der Waals surface area contributed by atoms with Gasteiger partial charge in [-0.3, -0.25) is 9.55 Å². The predicted molar refractivity (Wildman–Crippen MR) is 114 cm³/mol. The summed E-state index contributed by atoms with van der Waals surface area (Å²) in [5.41, 5.74) is 2.49. The van der Waals surface area contributed by atoms with Crippen molar-refractivity contribution in [3.05, 3.63) is 76.5 Å². The number of pyridine rings is 1. The molecular formula is C22H19F3N4O3. The van der Waals surface area contributed by atoms with Gasteiger partial charge in [0.15, 0.2) is 0 Å². The van der Waals surface area contributed by atoms with Crippen LogP contribution in [-0.4, -0.2) is 32.6 Å². The van der Waals surface area contributed by atoms with Gasteiger partial charge >= 0.3 is 12.1 Å². The molecule has 0 aliphatic rings. The van der Waals surface area contributed by atoms with Crippen molar-refractivity contribution in [3.63, 3.8) is 0 Å². The van der Waals surface area contributed by atoms with E-state index in [1.165, 1.54) is 16.7 Å². The van der Waals surface area contributed by atoms with Crippen molar-refractivity contribution >= 4 is 16.6 Å². The predicted octanol–water partition coefficient (Wildman–Crippen LogP) is 4.19. The minimum atomic E-state index is -4.82. The number of halogens is 3. The molecule has 2 aromatic heterocycles. The van der Waals surface area contributed by atoms with Crippen LogP contribution in [0.3, 0.4) is 0 Å². The van der Waals surface area contributed by atoms with E-state index in [9.17, 15) is 23.1 Å². The zero-order valence-electron chi connectivity index (χ0n) is 17.1. The van der Waals surface area contributed by atoms with Crippen molar-refractivity contribution in [1.29, 1.82) is 0 Å². The second kappa shape index (κ2) is 7.95. The first-order valence-electron chi connectivity index (χ1n) is 9.60. The average molecular weight is 444 g/mol. The Hall–Kier alpha value is -3.95. The first-order chi connectivity index (χ1) is 15.2. The molecule has 0 spiro atoms. The van der Waals surface area contributed by atoms with Crippen LogP contribution in [0.1, 0.15) is 11.3 Å². The van der Waals surface area contributed by atoms with Crippen LogP contribution in [0.4, 0.5) is 18.9 Å². The van der Waals surface area contributed by atoms with Crippen molar-refractivity contribution in [1.82, 2.24) is 14.1 Å². The molecule has 0 aliphatic carbocycles. The molecule has 2 N–H and O–H groups in total. The van der Waals surface area contributed by atoms with E-state index in [4.69, 9.17) is 0 Å². The van der Waals surface area contributed by atoms with Crippen molar-refractivity contribution in [2.75, 3.05) is 12.4 Å². The molecule has 0 amide bonds. The highest BCUT2D eigenvalue weighted by molar-refractivity contribution is 5.85. The quantitative estimate of drug-likeness (QED) is 0.483. The van der Waals surface area contributed by atoms with Crippen molar-refractivity contribution in [2.45, 2.75) is 19.8 Å². The van der Waals surface area contributed by atoms with Crippen LogP contribution >= 0.6 is 0 Å². The number of ether oxygens (including phenoxy) is 1. The molecule has 7 nitrogen and oxygen atoms in total. The number of benzene rings is 2. The number of aromatic nitrogens is 3. The summed E-state index contributed by atoms with van der Waals surface area (Å²) in [6.07, 6.45) is -3.17. The van der Waals surface area contributed by atoms with E-state index in [0.717, 1.165) is 38.9 Å². The molecule has 0 bridgehead atoms. The maximum atomic E-state index is 13.1. The van der Waals surface area contributed by atoms with Gasteiger partial charge in [0.25, 0.3) is 0 Å². The molecule has 0 saturated heterocycles. The molecular weight excluding hydrogens is 425 g/mol. The smallest absolute Gasteiger partial charge is 0.493 e. The van der Waals surface area contributed by atoms with Crippen LogP contribution in [0.15, 0.2) is 59.5 Å². The van der Waals surface area contributed by atoms with Crippen molar-refractivity contribution < 1.29 is 23.0 Å². The zero-order chi connectivity index (χ0) is 23.0. The van der Waals surface area contributed by atoms with Gasteiger partial charge in [0.2, 0.25) is 5.88 Å². The third-order valence-corrected chi connectivity index (χ3v) is 5.14. The molecule has 0 saturated carbocycles. The molecule has 166 valence electrons. The Kier molecular flexibility index (Phi) is 5.29. The maximum absolute atomic E-state index is 13.1. The van der Waals surface area contributed by atoms with E-state index in [1.54, 1.807) is 26.2 Å². The molecule has 0 fully saturated rings. The zero-order valence-corrected chi connectivity index (χ0v) is 17.1. The normalized spacial score (nSPS) is 11.7. The summed E-state index contributed by atoms with van der Waals surface area (Å²) in [6, 6.07) is 12.2. The maximum Gasteiger partial charge on any atom is 0.573 e. The van der Waals surface area contributed by atoms with Crippen molar-refractivity contribution in [2.24, 2.45) is 0 Å². The number of nitrogens with one attached hydrogen (secondary N) is 1. The lowest BCUT2D eigenvalue weighted by Gasteiger charge is -2.10. The van der Waals surface area contributed by atoms with Crippen LogP contribution in [0, 0.1) is 6.92 Å². The van der Waals surface area contributed by atoms with Gasteiger partial charge in [-0.15, -0.1) is 13.2 Å². The Morgan fingerprint density at radius 1 is 1.12 bits per heavy atom. The molecule has 0 atom stereocenters. The molecule has 2 aromatic carbocycles. The monoisotopic (exact) mass is 444 g/mol. The van der Waals surface area contributed by atoms with Gasteiger partial charge in [0, 0.05) is 24.3 Å². The highest BCUT2D eigenvalue weighted by Gasteiger charge is 2.31. The summed E-state index contributed by atoms with van der Waals surface area (Å²) in [5, 5.41) is 14.5. The third kappa shape index (κ3) is 3.98. The Morgan fingerprint density at radius 2 is 1.84 bits per heavy atom. The Morgan fingerprint density at radius 3 is 2.50 bits per heavy atom. The number of hydrogen-bond acceptors (Lipinski definition) is 5. The lowest BCUT2D eigenvalue weighted by atomic mass is 10.1. The number of hydrogen-bond donors (Lipinski definition) is 2. The minimum absolute atomic E-state index is 0.179. The van der Waals surface area contributed by atoms with Gasteiger partial charge in [-0.25, -0.2) is 9.36 Å². The highest BCUT2D eigenvalue weighted by Crippen LogP contribution is 2.27. The number of nitrogens with zero attached hydrogens (tertiary/aromatic N) is 3. The number of anilines is 1. The number of alkyl halides is 3. The number of fused-ring (bicyclic) bond motifs is 1. The number of aromatic hydroxyl groups is 1. The summed E-state index contributed by atoms with van der Waals surface area (Å²) >= 11 is 0. The molecule has 4 aromatic rings. The standard InChI is InChI=1S/C22H19F3N4O3/c1-13-20(30)29(16-4-6-17(7-5-16)32-22(23,24)25)21(31)28(13)12-14-9-10-27-19-11-15(26-2)3-8-18(14)19/h3-11,26,30H,12H2,1-2H3. The summed E-state index contributed by atoms with van der Waals surface area (Å²) in [6.45, 7) is 1.77. The first-order valence-corrected chi connectivity index (χ1v) is 9.60. The molecule has 0 unspecified atom stereocenters. The fraction of sp³-hybridized carbons (Fsp3) is 0.182. The molecule has 0 radical (unpaired) electrons. The summed E-state index contributed by atoms with van der Waals surface area (Å²) in [7, 11) is 1.81. The molecule has 2 heterocycles. The van der Waals surface area contributed by atoms with Gasteiger partial charge in [-0.05, 0) is 55.0 Å². The van der Waals surface area contributed by atoms with Crippen LogP contribution < -0.4 is 15.7 Å². The molecule has 32 heavy (non-hydrogen) atoms. The van der Waals surface area contributed by atoms with E-state index in [2.05, 4.69) is 15.0 Å². The summed E-state index contributed by atoms with van der Waals surface area (Å²) < 4.78 is 43.4. The second-order valence-corrected chi connectivity index (χ2v) is 7.11. The third-order valence-electron chi connectivity index (χ3n) is 5.14. The molecule has 4 rings (SSSR count). The SMILES string of the molecule is CNc1ccc2c(Cn3c(C)c(O)n(-c4ccc(OC(F)(F)F)cc4)c3=O)ccnc2c1. The topological polar surface area (TPSA) is 81.3 Å². The van der Waals surface area contributed by atoms with Crippen LogP contribution in [-0.2, 0) is 6.54 Å². The largest absolute Gasteiger partial charge is 0.573 e. The van der Waals surface area contributed by atoms with E-state index < -0.39 is 17.8 Å². The van der Waals surface area contributed by atoms with E-state index in [-0.39, 0.29) is 18.1 Å². The number of imidazole rings is 1.